The zero-order valence-electron chi connectivity index (χ0n) is 16.6. The maximum Gasteiger partial charge on any atom is 0.266 e. The molecular formula is C24H20FN3O3. The minimum atomic E-state index is -0.342. The number of ether oxygens (including phenoxy) is 1. The molecule has 1 heterocycles. The van der Waals surface area contributed by atoms with E-state index in [-0.39, 0.29) is 37.0 Å². The number of aromatic nitrogens is 2. The maximum atomic E-state index is 13.1. The summed E-state index contributed by atoms with van der Waals surface area (Å²) in [4.78, 5) is 24.2. The van der Waals surface area contributed by atoms with E-state index in [0.29, 0.717) is 17.0 Å². The van der Waals surface area contributed by atoms with Gasteiger partial charge in [-0.25, -0.2) is 9.07 Å². The molecule has 7 heteroatoms. The Kier molecular flexibility index (Phi) is 6.03. The van der Waals surface area contributed by atoms with Crippen LogP contribution in [0.5, 0.6) is 5.75 Å². The van der Waals surface area contributed by atoms with E-state index in [0.717, 1.165) is 10.8 Å². The lowest BCUT2D eigenvalue weighted by molar-refractivity contribution is -0.123. The van der Waals surface area contributed by atoms with Gasteiger partial charge in [0, 0.05) is 23.6 Å². The Bertz CT molecular complexity index is 1260. The van der Waals surface area contributed by atoms with E-state index in [1.807, 2.05) is 42.5 Å². The van der Waals surface area contributed by atoms with Gasteiger partial charge in [-0.05, 0) is 41.8 Å². The second-order valence-corrected chi connectivity index (χ2v) is 6.90. The van der Waals surface area contributed by atoms with E-state index in [1.54, 1.807) is 18.2 Å². The molecule has 0 spiro atoms. The van der Waals surface area contributed by atoms with Crippen LogP contribution in [0.1, 0.15) is 0 Å². The Morgan fingerprint density at radius 2 is 1.74 bits per heavy atom. The van der Waals surface area contributed by atoms with Crippen LogP contribution in [0.4, 0.5) is 4.39 Å². The molecule has 1 amide bonds. The van der Waals surface area contributed by atoms with Gasteiger partial charge < -0.3 is 10.1 Å². The highest BCUT2D eigenvalue weighted by molar-refractivity contribution is 5.88. The molecule has 1 N–H and O–H groups in total. The van der Waals surface area contributed by atoms with Gasteiger partial charge in [0.15, 0.2) is 6.61 Å². The number of benzene rings is 3. The Balaban J connectivity index is 1.33. The van der Waals surface area contributed by atoms with Crippen LogP contribution in [0.15, 0.2) is 83.7 Å². The van der Waals surface area contributed by atoms with Gasteiger partial charge in [0.05, 0.1) is 12.2 Å². The first kappa shape index (κ1) is 20.3. The van der Waals surface area contributed by atoms with E-state index < -0.39 is 0 Å². The third-order valence-electron chi connectivity index (χ3n) is 4.76. The van der Waals surface area contributed by atoms with Gasteiger partial charge in [-0.3, -0.25) is 9.59 Å². The summed E-state index contributed by atoms with van der Waals surface area (Å²) >= 11 is 0. The molecule has 0 aliphatic heterocycles. The highest BCUT2D eigenvalue weighted by Gasteiger charge is 2.07. The Hall–Kier alpha value is -4.00. The highest BCUT2D eigenvalue weighted by atomic mass is 19.1. The van der Waals surface area contributed by atoms with E-state index in [2.05, 4.69) is 10.4 Å². The van der Waals surface area contributed by atoms with Crippen molar-refractivity contribution < 1.29 is 13.9 Å². The van der Waals surface area contributed by atoms with Gasteiger partial charge in [0.25, 0.3) is 11.5 Å². The number of nitrogens with one attached hydrogen (secondary N) is 1. The van der Waals surface area contributed by atoms with Crippen LogP contribution in [0.3, 0.4) is 0 Å². The minimum Gasteiger partial charge on any atom is -0.483 e. The van der Waals surface area contributed by atoms with Crippen LogP contribution in [0.25, 0.3) is 22.0 Å². The van der Waals surface area contributed by atoms with Crippen molar-refractivity contribution in [1.29, 1.82) is 0 Å². The predicted octanol–water partition coefficient (Wildman–Crippen LogP) is 3.40. The average molecular weight is 417 g/mol. The number of nitrogens with zero attached hydrogens (tertiary/aromatic N) is 2. The molecule has 0 aliphatic rings. The van der Waals surface area contributed by atoms with Crippen molar-refractivity contribution in [1.82, 2.24) is 15.1 Å². The van der Waals surface area contributed by atoms with E-state index >= 15 is 0 Å². The van der Waals surface area contributed by atoms with Crippen molar-refractivity contribution in [3.05, 3.63) is 95.0 Å². The number of fused-ring (bicyclic) bond motifs is 1. The number of amides is 1. The van der Waals surface area contributed by atoms with Crippen molar-refractivity contribution in [3.8, 4) is 17.0 Å². The van der Waals surface area contributed by atoms with E-state index in [9.17, 15) is 14.0 Å². The zero-order chi connectivity index (χ0) is 21.6. The number of carbonyl (C=O) groups excluding carboxylic acids is 1. The van der Waals surface area contributed by atoms with Gasteiger partial charge in [-0.15, -0.1) is 0 Å². The topological polar surface area (TPSA) is 73.2 Å². The number of rotatable bonds is 7. The van der Waals surface area contributed by atoms with Gasteiger partial charge in [-0.2, -0.15) is 5.10 Å². The fourth-order valence-electron chi connectivity index (χ4n) is 3.20. The standard InChI is InChI=1S/C24H20FN3O3/c25-19-10-8-18(9-11-19)21-12-13-24(30)28(27-21)15-14-26-23(29)16-31-22-7-3-5-17-4-1-2-6-20(17)22/h1-13H,14-16H2,(H,26,29). The molecule has 4 rings (SSSR count). The lowest BCUT2D eigenvalue weighted by atomic mass is 10.1. The highest BCUT2D eigenvalue weighted by Crippen LogP contribution is 2.24. The fourth-order valence-corrected chi connectivity index (χ4v) is 3.20. The quantitative estimate of drug-likeness (QED) is 0.500. The summed E-state index contributed by atoms with van der Waals surface area (Å²) in [7, 11) is 0. The first-order valence-corrected chi connectivity index (χ1v) is 9.81. The Morgan fingerprint density at radius 1 is 0.968 bits per heavy atom. The molecule has 31 heavy (non-hydrogen) atoms. The van der Waals surface area contributed by atoms with Gasteiger partial charge in [-0.1, -0.05) is 36.4 Å². The Labute approximate surface area is 177 Å². The smallest absolute Gasteiger partial charge is 0.266 e. The maximum absolute atomic E-state index is 13.1. The van der Waals surface area contributed by atoms with Crippen molar-refractivity contribution in [2.45, 2.75) is 6.54 Å². The summed E-state index contributed by atoms with van der Waals surface area (Å²) in [5.74, 6) is -0.000638. The van der Waals surface area contributed by atoms with Crippen LogP contribution in [0, 0.1) is 5.82 Å². The van der Waals surface area contributed by atoms with Gasteiger partial charge >= 0.3 is 0 Å². The molecule has 156 valence electrons. The molecule has 0 aliphatic carbocycles. The molecule has 0 saturated carbocycles. The van der Waals surface area contributed by atoms with Crippen LogP contribution in [0.2, 0.25) is 0 Å². The van der Waals surface area contributed by atoms with Crippen LogP contribution < -0.4 is 15.6 Å². The van der Waals surface area contributed by atoms with Gasteiger partial charge in [0.1, 0.15) is 11.6 Å². The van der Waals surface area contributed by atoms with Gasteiger partial charge in [0.2, 0.25) is 0 Å². The predicted molar refractivity (Wildman–Crippen MR) is 116 cm³/mol. The van der Waals surface area contributed by atoms with Crippen LogP contribution in [-0.2, 0) is 11.3 Å². The number of hydrogen-bond donors (Lipinski definition) is 1. The molecule has 3 aromatic carbocycles. The summed E-state index contributed by atoms with van der Waals surface area (Å²) in [6, 6.07) is 22.3. The zero-order valence-corrected chi connectivity index (χ0v) is 16.6. The van der Waals surface area contributed by atoms with E-state index in [4.69, 9.17) is 4.74 Å². The summed E-state index contributed by atoms with van der Waals surface area (Å²) in [5, 5.41) is 9.00. The first-order valence-electron chi connectivity index (χ1n) is 9.81. The van der Waals surface area contributed by atoms with Crippen molar-refractivity contribution in [2.75, 3.05) is 13.2 Å². The first-order chi connectivity index (χ1) is 15.1. The SMILES string of the molecule is O=C(COc1cccc2ccccc12)NCCn1nc(-c2ccc(F)cc2)ccc1=O. The molecular weight excluding hydrogens is 397 g/mol. The second kappa shape index (κ2) is 9.21. The van der Waals surface area contributed by atoms with E-state index in [1.165, 1.54) is 22.9 Å². The lowest BCUT2D eigenvalue weighted by Gasteiger charge is -2.11. The molecule has 4 aromatic rings. The van der Waals surface area contributed by atoms with Crippen molar-refractivity contribution in [3.63, 3.8) is 0 Å². The molecule has 0 radical (unpaired) electrons. The van der Waals surface area contributed by atoms with Crippen molar-refractivity contribution >= 4 is 16.7 Å². The van der Waals surface area contributed by atoms with Crippen LogP contribution in [-0.4, -0.2) is 28.8 Å². The molecule has 0 unspecified atom stereocenters. The summed E-state index contributed by atoms with van der Waals surface area (Å²) < 4.78 is 20.0. The molecule has 0 fully saturated rings. The number of carbonyl (C=O) groups is 1. The molecule has 0 saturated heterocycles. The summed E-state index contributed by atoms with van der Waals surface area (Å²) in [6.07, 6.45) is 0. The third-order valence-corrected chi connectivity index (χ3v) is 4.76. The summed E-state index contributed by atoms with van der Waals surface area (Å²) in [6.45, 7) is 0.289. The Morgan fingerprint density at radius 3 is 2.58 bits per heavy atom. The monoisotopic (exact) mass is 417 g/mol. The van der Waals surface area contributed by atoms with Crippen LogP contribution >= 0.6 is 0 Å². The molecule has 1 aromatic heterocycles. The number of hydrogen-bond acceptors (Lipinski definition) is 4. The largest absolute Gasteiger partial charge is 0.483 e. The normalized spacial score (nSPS) is 10.7. The lowest BCUT2D eigenvalue weighted by Crippen LogP contribution is -2.34. The minimum absolute atomic E-state index is 0.133. The average Bonchev–Trinajstić information content (AvgIpc) is 2.79. The molecule has 0 bridgehead atoms. The second-order valence-electron chi connectivity index (χ2n) is 6.90. The fraction of sp³-hybridized carbons (Fsp3) is 0.125. The number of halogens is 1. The molecule has 6 nitrogen and oxygen atoms in total. The summed E-state index contributed by atoms with van der Waals surface area (Å²) in [5.41, 5.74) is 0.958. The third kappa shape index (κ3) is 4.95. The van der Waals surface area contributed by atoms with Crippen molar-refractivity contribution in [2.24, 2.45) is 0 Å². The molecule has 0 atom stereocenters.